The number of hydrogen-bond acceptors (Lipinski definition) is 3. The molecule has 0 aromatic carbocycles. The fourth-order valence-electron chi connectivity index (χ4n) is 2.21. The van der Waals surface area contributed by atoms with Crippen LogP contribution in [0.25, 0.3) is 0 Å². The zero-order valence-electron chi connectivity index (χ0n) is 11.1. The standard InChI is InChI=1S/C13H23N3O/c1-11(2)9-16-10-12(8-15-16)17-13(3)4-6-14-7-5-13/h8,10-11,14H,4-7,9H2,1-3H3. The molecule has 96 valence electrons. The third-order valence-corrected chi connectivity index (χ3v) is 3.19. The van der Waals surface area contributed by atoms with E-state index in [2.05, 4.69) is 31.2 Å². The minimum absolute atomic E-state index is 0.0308. The van der Waals surface area contributed by atoms with Gasteiger partial charge in [0.1, 0.15) is 5.60 Å². The van der Waals surface area contributed by atoms with Gasteiger partial charge in [-0.05, 0) is 38.8 Å². The third-order valence-electron chi connectivity index (χ3n) is 3.19. The first-order chi connectivity index (χ1) is 8.07. The predicted octanol–water partition coefficient (Wildman–Crippen LogP) is 2.06. The van der Waals surface area contributed by atoms with Crippen LogP contribution in [0, 0.1) is 5.92 Å². The Bertz CT molecular complexity index is 353. The van der Waals surface area contributed by atoms with Crippen molar-refractivity contribution in [3.63, 3.8) is 0 Å². The second-order valence-electron chi connectivity index (χ2n) is 5.59. The summed E-state index contributed by atoms with van der Waals surface area (Å²) < 4.78 is 8.04. The van der Waals surface area contributed by atoms with Gasteiger partial charge in [0, 0.05) is 6.54 Å². The molecule has 0 aliphatic carbocycles. The summed E-state index contributed by atoms with van der Waals surface area (Å²) >= 11 is 0. The molecule has 0 amide bonds. The molecule has 4 nitrogen and oxygen atoms in total. The SMILES string of the molecule is CC(C)Cn1cc(OC2(C)CCNCC2)cn1. The van der Waals surface area contributed by atoms with Gasteiger partial charge in [-0.2, -0.15) is 5.10 Å². The Balaban J connectivity index is 1.96. The van der Waals surface area contributed by atoms with Crippen LogP contribution in [0.2, 0.25) is 0 Å². The van der Waals surface area contributed by atoms with Crippen LogP contribution < -0.4 is 10.1 Å². The van der Waals surface area contributed by atoms with Crippen molar-refractivity contribution < 1.29 is 4.74 Å². The smallest absolute Gasteiger partial charge is 0.158 e. The van der Waals surface area contributed by atoms with E-state index in [9.17, 15) is 0 Å². The number of nitrogens with one attached hydrogen (secondary N) is 1. The molecule has 0 saturated carbocycles. The highest BCUT2D eigenvalue weighted by Gasteiger charge is 2.28. The molecule has 1 aromatic rings. The lowest BCUT2D eigenvalue weighted by molar-refractivity contribution is 0.0555. The van der Waals surface area contributed by atoms with Crippen LogP contribution in [0.4, 0.5) is 0 Å². The van der Waals surface area contributed by atoms with Crippen molar-refractivity contribution in [1.29, 1.82) is 0 Å². The lowest BCUT2D eigenvalue weighted by atomic mass is 9.94. The van der Waals surface area contributed by atoms with Crippen molar-refractivity contribution in [1.82, 2.24) is 15.1 Å². The first-order valence-corrected chi connectivity index (χ1v) is 6.50. The Morgan fingerprint density at radius 1 is 1.47 bits per heavy atom. The summed E-state index contributed by atoms with van der Waals surface area (Å²) in [6.45, 7) is 9.59. The van der Waals surface area contributed by atoms with Crippen LogP contribution in [0.15, 0.2) is 12.4 Å². The van der Waals surface area contributed by atoms with E-state index in [0.717, 1.165) is 38.2 Å². The van der Waals surface area contributed by atoms with Crippen LogP contribution in [0.5, 0.6) is 5.75 Å². The van der Waals surface area contributed by atoms with Gasteiger partial charge in [-0.25, -0.2) is 0 Å². The van der Waals surface area contributed by atoms with Crippen molar-refractivity contribution in [3.8, 4) is 5.75 Å². The fraction of sp³-hybridized carbons (Fsp3) is 0.769. The van der Waals surface area contributed by atoms with Crippen molar-refractivity contribution in [2.24, 2.45) is 5.92 Å². The lowest BCUT2D eigenvalue weighted by Gasteiger charge is -2.34. The second kappa shape index (κ2) is 5.08. The Labute approximate surface area is 103 Å². The summed E-state index contributed by atoms with van der Waals surface area (Å²) in [5, 5.41) is 7.69. The summed E-state index contributed by atoms with van der Waals surface area (Å²) in [7, 11) is 0. The molecule has 0 spiro atoms. The summed E-state index contributed by atoms with van der Waals surface area (Å²) in [6.07, 6.45) is 5.95. The van der Waals surface area contributed by atoms with Gasteiger partial charge in [0.05, 0.1) is 12.4 Å². The Morgan fingerprint density at radius 3 is 2.82 bits per heavy atom. The highest BCUT2D eigenvalue weighted by Crippen LogP contribution is 2.25. The zero-order valence-corrected chi connectivity index (χ0v) is 11.1. The minimum Gasteiger partial charge on any atom is -0.484 e. The topological polar surface area (TPSA) is 39.1 Å². The molecule has 0 atom stereocenters. The van der Waals surface area contributed by atoms with Crippen molar-refractivity contribution >= 4 is 0 Å². The Kier molecular flexibility index (Phi) is 3.72. The maximum Gasteiger partial charge on any atom is 0.158 e. The van der Waals surface area contributed by atoms with E-state index in [1.807, 2.05) is 17.1 Å². The van der Waals surface area contributed by atoms with E-state index >= 15 is 0 Å². The predicted molar refractivity (Wildman–Crippen MR) is 68.2 cm³/mol. The van der Waals surface area contributed by atoms with Crippen LogP contribution >= 0.6 is 0 Å². The van der Waals surface area contributed by atoms with Crippen molar-refractivity contribution in [2.45, 2.75) is 45.8 Å². The summed E-state index contributed by atoms with van der Waals surface area (Å²) in [5.41, 5.74) is -0.0308. The van der Waals surface area contributed by atoms with Gasteiger partial charge in [-0.1, -0.05) is 13.8 Å². The average Bonchev–Trinajstić information content (AvgIpc) is 2.64. The van der Waals surface area contributed by atoms with Crippen molar-refractivity contribution in [3.05, 3.63) is 12.4 Å². The molecule has 2 rings (SSSR count). The molecular formula is C13H23N3O. The summed E-state index contributed by atoms with van der Waals surface area (Å²) in [6, 6.07) is 0. The number of ether oxygens (including phenoxy) is 1. The molecule has 1 aliphatic rings. The maximum atomic E-state index is 6.08. The van der Waals surface area contributed by atoms with Gasteiger partial charge in [-0.15, -0.1) is 0 Å². The van der Waals surface area contributed by atoms with Crippen LogP contribution in [-0.2, 0) is 6.54 Å². The number of nitrogens with zero attached hydrogens (tertiary/aromatic N) is 2. The fourth-order valence-corrected chi connectivity index (χ4v) is 2.21. The van der Waals surface area contributed by atoms with Gasteiger partial charge < -0.3 is 10.1 Å². The van der Waals surface area contributed by atoms with Crippen LogP contribution in [-0.4, -0.2) is 28.5 Å². The molecular weight excluding hydrogens is 214 g/mol. The minimum atomic E-state index is -0.0308. The van der Waals surface area contributed by atoms with E-state index in [0.29, 0.717) is 5.92 Å². The van der Waals surface area contributed by atoms with Gasteiger partial charge in [0.15, 0.2) is 5.75 Å². The average molecular weight is 237 g/mol. The molecule has 17 heavy (non-hydrogen) atoms. The first-order valence-electron chi connectivity index (χ1n) is 6.50. The second-order valence-corrected chi connectivity index (χ2v) is 5.59. The maximum absolute atomic E-state index is 6.08. The highest BCUT2D eigenvalue weighted by molar-refractivity contribution is 5.13. The van der Waals surface area contributed by atoms with E-state index in [4.69, 9.17) is 4.74 Å². The number of hydrogen-bond donors (Lipinski definition) is 1. The van der Waals surface area contributed by atoms with Gasteiger partial charge in [0.2, 0.25) is 0 Å². The Hall–Kier alpha value is -1.03. The van der Waals surface area contributed by atoms with Gasteiger partial charge >= 0.3 is 0 Å². The molecule has 4 heteroatoms. The van der Waals surface area contributed by atoms with Crippen LogP contribution in [0.1, 0.15) is 33.6 Å². The van der Waals surface area contributed by atoms with Gasteiger partial charge in [-0.3, -0.25) is 4.68 Å². The number of aromatic nitrogens is 2. The molecule has 0 bridgehead atoms. The third kappa shape index (κ3) is 3.46. The molecule has 0 radical (unpaired) electrons. The zero-order chi connectivity index (χ0) is 12.3. The van der Waals surface area contributed by atoms with E-state index in [1.54, 1.807) is 0 Å². The quantitative estimate of drug-likeness (QED) is 0.871. The lowest BCUT2D eigenvalue weighted by Crippen LogP contribution is -2.43. The van der Waals surface area contributed by atoms with Gasteiger partial charge in [0.25, 0.3) is 0 Å². The van der Waals surface area contributed by atoms with E-state index < -0.39 is 0 Å². The van der Waals surface area contributed by atoms with E-state index in [-0.39, 0.29) is 5.60 Å². The monoisotopic (exact) mass is 237 g/mol. The highest BCUT2D eigenvalue weighted by atomic mass is 16.5. The molecule has 1 aliphatic heterocycles. The molecule has 1 aromatic heterocycles. The molecule has 0 unspecified atom stereocenters. The molecule has 1 N–H and O–H groups in total. The normalized spacial score (nSPS) is 19.5. The van der Waals surface area contributed by atoms with E-state index in [1.165, 1.54) is 0 Å². The molecule has 2 heterocycles. The Morgan fingerprint density at radius 2 is 2.18 bits per heavy atom. The number of piperidine rings is 1. The number of rotatable bonds is 4. The molecule has 1 saturated heterocycles. The largest absolute Gasteiger partial charge is 0.484 e. The van der Waals surface area contributed by atoms with Crippen LogP contribution in [0.3, 0.4) is 0 Å². The molecule has 1 fully saturated rings. The van der Waals surface area contributed by atoms with Crippen molar-refractivity contribution in [2.75, 3.05) is 13.1 Å². The summed E-state index contributed by atoms with van der Waals surface area (Å²) in [5.74, 6) is 1.51. The summed E-state index contributed by atoms with van der Waals surface area (Å²) in [4.78, 5) is 0. The first kappa shape index (κ1) is 12.4.